The molecule has 6 heteroatoms. The molecule has 28 heavy (non-hydrogen) atoms. The number of carbonyl (C=O) groups excluding carboxylic acids is 2. The highest BCUT2D eigenvalue weighted by molar-refractivity contribution is 7.11. The quantitative estimate of drug-likeness (QED) is 0.544. The van der Waals surface area contributed by atoms with Crippen LogP contribution in [0.15, 0.2) is 60.8 Å². The van der Waals surface area contributed by atoms with E-state index < -0.39 is 5.97 Å². The molecule has 0 saturated heterocycles. The second-order valence-corrected chi connectivity index (χ2v) is 8.02. The Kier molecular flexibility index (Phi) is 6.66. The van der Waals surface area contributed by atoms with E-state index in [9.17, 15) is 9.59 Å². The predicted molar refractivity (Wildman–Crippen MR) is 110 cm³/mol. The van der Waals surface area contributed by atoms with Gasteiger partial charge < -0.3 is 14.2 Å². The van der Waals surface area contributed by atoms with Crippen molar-refractivity contribution in [2.75, 3.05) is 13.2 Å². The molecule has 0 aliphatic rings. The van der Waals surface area contributed by atoms with E-state index in [1.165, 1.54) is 10.4 Å². The Morgan fingerprint density at radius 3 is 2.50 bits per heavy atom. The average molecular weight is 397 g/mol. The molecule has 0 atom stereocenters. The first-order chi connectivity index (χ1) is 13.5. The van der Waals surface area contributed by atoms with Crippen LogP contribution in [0.25, 0.3) is 0 Å². The van der Waals surface area contributed by atoms with Gasteiger partial charge in [0.1, 0.15) is 5.69 Å². The number of hydrogen-bond acceptors (Lipinski definition) is 4. The van der Waals surface area contributed by atoms with Crippen LogP contribution in [0.4, 0.5) is 0 Å². The summed E-state index contributed by atoms with van der Waals surface area (Å²) in [6.07, 6.45) is 2.52. The third kappa shape index (κ3) is 5.33. The first-order valence-electron chi connectivity index (χ1n) is 9.18. The number of thiophene rings is 1. The van der Waals surface area contributed by atoms with E-state index in [0.29, 0.717) is 18.8 Å². The molecule has 0 N–H and O–H groups in total. The number of aromatic nitrogens is 1. The highest BCUT2D eigenvalue weighted by atomic mass is 32.1. The summed E-state index contributed by atoms with van der Waals surface area (Å²) in [7, 11) is 1.77. The lowest BCUT2D eigenvalue weighted by Gasteiger charge is -2.22. The zero-order valence-corrected chi connectivity index (χ0v) is 16.9. The number of amides is 1. The van der Waals surface area contributed by atoms with Gasteiger partial charge in [-0.15, -0.1) is 11.3 Å². The van der Waals surface area contributed by atoms with E-state index in [1.807, 2.05) is 43.3 Å². The minimum Gasteiger partial charge on any atom is -0.451 e. The molecule has 3 aromatic rings. The lowest BCUT2D eigenvalue weighted by Crippen LogP contribution is -2.35. The summed E-state index contributed by atoms with van der Waals surface area (Å²) in [4.78, 5) is 29.1. The van der Waals surface area contributed by atoms with Gasteiger partial charge >= 0.3 is 5.97 Å². The van der Waals surface area contributed by atoms with Crippen LogP contribution >= 0.6 is 11.3 Å². The van der Waals surface area contributed by atoms with Crippen molar-refractivity contribution >= 4 is 23.2 Å². The maximum Gasteiger partial charge on any atom is 0.355 e. The van der Waals surface area contributed by atoms with Crippen molar-refractivity contribution in [2.24, 2.45) is 7.05 Å². The fourth-order valence-corrected chi connectivity index (χ4v) is 3.83. The highest BCUT2D eigenvalue weighted by Gasteiger charge is 2.18. The molecule has 2 heterocycles. The molecular formula is C22H24N2O3S. The van der Waals surface area contributed by atoms with Crippen molar-refractivity contribution in [1.82, 2.24) is 9.47 Å². The monoisotopic (exact) mass is 396 g/mol. The zero-order valence-electron chi connectivity index (χ0n) is 16.1. The summed E-state index contributed by atoms with van der Waals surface area (Å²) in [5, 5.41) is 0. The second kappa shape index (κ2) is 9.37. The van der Waals surface area contributed by atoms with Gasteiger partial charge in [-0.05, 0) is 43.2 Å². The molecular weight excluding hydrogens is 372 g/mol. The molecule has 0 spiro atoms. The first kappa shape index (κ1) is 19.9. The summed E-state index contributed by atoms with van der Waals surface area (Å²) in [6, 6.07) is 17.6. The normalized spacial score (nSPS) is 10.6. The fourth-order valence-electron chi connectivity index (χ4n) is 2.92. The summed E-state index contributed by atoms with van der Waals surface area (Å²) in [5.74, 6) is -0.680. The minimum absolute atomic E-state index is 0.190. The number of benzene rings is 1. The van der Waals surface area contributed by atoms with Crippen LogP contribution in [0.3, 0.4) is 0 Å². The molecule has 0 saturated carbocycles. The van der Waals surface area contributed by atoms with Crippen molar-refractivity contribution in [3.8, 4) is 0 Å². The van der Waals surface area contributed by atoms with E-state index in [0.717, 1.165) is 11.3 Å². The Morgan fingerprint density at radius 2 is 1.86 bits per heavy atom. The zero-order chi connectivity index (χ0) is 19.9. The number of aryl methyl sites for hydroxylation is 2. The van der Waals surface area contributed by atoms with Crippen LogP contribution < -0.4 is 0 Å². The number of hydrogen-bond donors (Lipinski definition) is 0. The van der Waals surface area contributed by atoms with E-state index in [-0.39, 0.29) is 12.5 Å². The molecule has 0 fully saturated rings. The molecule has 0 aliphatic heterocycles. The Bertz CT molecular complexity index is 930. The van der Waals surface area contributed by atoms with Crippen molar-refractivity contribution in [2.45, 2.75) is 19.9 Å². The molecule has 0 unspecified atom stereocenters. The summed E-state index contributed by atoms with van der Waals surface area (Å²) >= 11 is 1.67. The summed E-state index contributed by atoms with van der Waals surface area (Å²) in [5.41, 5.74) is 1.60. The first-order valence-corrected chi connectivity index (χ1v) is 10.00. The third-order valence-electron chi connectivity index (χ3n) is 4.49. The predicted octanol–water partition coefficient (Wildman–Crippen LogP) is 3.82. The number of esters is 1. The van der Waals surface area contributed by atoms with E-state index >= 15 is 0 Å². The van der Waals surface area contributed by atoms with Crippen LogP contribution in [0.5, 0.6) is 0 Å². The van der Waals surface area contributed by atoms with E-state index in [2.05, 4.69) is 6.07 Å². The second-order valence-electron chi connectivity index (χ2n) is 6.64. The van der Waals surface area contributed by atoms with Crippen molar-refractivity contribution in [1.29, 1.82) is 0 Å². The summed E-state index contributed by atoms with van der Waals surface area (Å²) in [6.45, 7) is 2.88. The van der Waals surface area contributed by atoms with Gasteiger partial charge in [-0.1, -0.05) is 30.3 Å². The highest BCUT2D eigenvalue weighted by Crippen LogP contribution is 2.18. The lowest BCUT2D eigenvalue weighted by molar-refractivity contribution is -0.135. The van der Waals surface area contributed by atoms with Gasteiger partial charge in [0.25, 0.3) is 5.91 Å². The van der Waals surface area contributed by atoms with Gasteiger partial charge in [-0.3, -0.25) is 4.79 Å². The molecule has 1 amide bonds. The van der Waals surface area contributed by atoms with Crippen LogP contribution in [-0.2, 0) is 29.5 Å². The van der Waals surface area contributed by atoms with Gasteiger partial charge in [-0.2, -0.15) is 0 Å². The minimum atomic E-state index is -0.490. The number of rotatable bonds is 8. The molecule has 5 nitrogen and oxygen atoms in total. The molecule has 1 aromatic carbocycles. The van der Waals surface area contributed by atoms with Crippen LogP contribution in [0.1, 0.15) is 25.8 Å². The van der Waals surface area contributed by atoms with E-state index in [4.69, 9.17) is 4.74 Å². The third-order valence-corrected chi connectivity index (χ3v) is 5.47. The molecule has 0 bridgehead atoms. The Morgan fingerprint density at radius 1 is 1.07 bits per heavy atom. The van der Waals surface area contributed by atoms with Gasteiger partial charge in [-0.25, -0.2) is 4.79 Å². The fraction of sp³-hybridized carbons (Fsp3) is 0.273. The topological polar surface area (TPSA) is 51.5 Å². The SMILES string of the molecule is Cc1ccc(CN(CCc2ccccc2)C(=O)COC(=O)c2cccn2C)s1. The van der Waals surface area contributed by atoms with Crippen LogP contribution in [0.2, 0.25) is 0 Å². The largest absolute Gasteiger partial charge is 0.451 e. The van der Waals surface area contributed by atoms with Gasteiger partial charge in [0, 0.05) is 29.5 Å². The molecule has 0 aliphatic carbocycles. The average Bonchev–Trinajstić information content (AvgIpc) is 3.31. The Labute approximate surface area is 169 Å². The van der Waals surface area contributed by atoms with E-state index in [1.54, 1.807) is 46.2 Å². The number of carbonyl (C=O) groups is 2. The van der Waals surface area contributed by atoms with Gasteiger partial charge in [0.15, 0.2) is 6.61 Å². The van der Waals surface area contributed by atoms with Crippen molar-refractivity contribution in [3.63, 3.8) is 0 Å². The van der Waals surface area contributed by atoms with Crippen LogP contribution in [-0.4, -0.2) is 34.5 Å². The smallest absolute Gasteiger partial charge is 0.355 e. The molecule has 0 radical (unpaired) electrons. The van der Waals surface area contributed by atoms with Gasteiger partial charge in [0.2, 0.25) is 0 Å². The maximum absolute atomic E-state index is 12.8. The maximum atomic E-state index is 12.8. The summed E-state index contributed by atoms with van der Waals surface area (Å²) < 4.78 is 6.93. The standard InChI is InChI=1S/C22H24N2O3S/c1-17-10-11-19(28-17)15-24(14-12-18-7-4-3-5-8-18)21(25)16-27-22(26)20-9-6-13-23(20)2/h3-11,13H,12,14-16H2,1-2H3. The Hall–Kier alpha value is -2.86. The lowest BCUT2D eigenvalue weighted by atomic mass is 10.1. The van der Waals surface area contributed by atoms with Crippen molar-refractivity contribution in [3.05, 3.63) is 81.8 Å². The molecule has 3 rings (SSSR count). The van der Waals surface area contributed by atoms with Crippen molar-refractivity contribution < 1.29 is 14.3 Å². The molecule has 146 valence electrons. The number of nitrogens with zero attached hydrogens (tertiary/aromatic N) is 2. The number of ether oxygens (including phenoxy) is 1. The Balaban J connectivity index is 1.63. The molecule has 2 aromatic heterocycles. The van der Waals surface area contributed by atoms with Crippen LogP contribution in [0, 0.1) is 6.92 Å². The van der Waals surface area contributed by atoms with Gasteiger partial charge in [0.05, 0.1) is 6.54 Å².